The Bertz CT molecular complexity index is 557. The molecule has 2 aromatic rings. The Morgan fingerprint density at radius 3 is 2.60 bits per heavy atom. The predicted octanol–water partition coefficient (Wildman–Crippen LogP) is 0.264. The number of hydrogen-bond acceptors (Lipinski definition) is 3. The maximum absolute atomic E-state index is 12.6. The van der Waals surface area contributed by atoms with Gasteiger partial charge in [0, 0.05) is 6.07 Å². The van der Waals surface area contributed by atoms with Gasteiger partial charge in [0.2, 0.25) is 0 Å². The number of hydrogen-bond donors (Lipinski definition) is 2. The highest BCUT2D eigenvalue weighted by atomic mass is 19.1. The van der Waals surface area contributed by atoms with Gasteiger partial charge in [-0.15, -0.1) is 0 Å². The summed E-state index contributed by atoms with van der Waals surface area (Å²) in [6.45, 7) is 0. The van der Waals surface area contributed by atoms with Crippen LogP contribution < -0.4 is 11.2 Å². The lowest BCUT2D eigenvalue weighted by atomic mass is 10.2. The average molecular weight is 207 g/mol. The molecular formula is C9H6FN3O2. The highest BCUT2D eigenvalue weighted by molar-refractivity contribution is 5.52. The van der Waals surface area contributed by atoms with Crippen molar-refractivity contribution in [1.82, 2.24) is 15.0 Å². The maximum Gasteiger partial charge on any atom is 0.326 e. The first-order valence-corrected chi connectivity index (χ1v) is 4.11. The van der Waals surface area contributed by atoms with Crippen molar-refractivity contribution in [1.29, 1.82) is 0 Å². The van der Waals surface area contributed by atoms with Crippen LogP contribution in [-0.4, -0.2) is 15.0 Å². The molecule has 0 fully saturated rings. The molecule has 0 aliphatic rings. The number of pyridine rings is 1. The third kappa shape index (κ3) is 1.98. The van der Waals surface area contributed by atoms with Crippen molar-refractivity contribution < 1.29 is 4.39 Å². The van der Waals surface area contributed by atoms with E-state index in [1.165, 1.54) is 18.2 Å². The first-order valence-electron chi connectivity index (χ1n) is 4.11. The second-order valence-corrected chi connectivity index (χ2v) is 2.86. The summed E-state index contributed by atoms with van der Waals surface area (Å²) in [7, 11) is 0. The Labute approximate surface area is 82.6 Å². The third-order valence-corrected chi connectivity index (χ3v) is 1.76. The molecule has 2 heterocycles. The van der Waals surface area contributed by atoms with Gasteiger partial charge in [0.25, 0.3) is 5.56 Å². The van der Waals surface area contributed by atoms with Gasteiger partial charge < -0.3 is 4.98 Å². The first kappa shape index (κ1) is 9.32. The lowest BCUT2D eigenvalue weighted by molar-refractivity contribution is 0.622. The van der Waals surface area contributed by atoms with Crippen molar-refractivity contribution in [2.75, 3.05) is 0 Å². The zero-order valence-corrected chi connectivity index (χ0v) is 7.45. The highest BCUT2D eigenvalue weighted by Crippen LogP contribution is 2.09. The molecule has 0 radical (unpaired) electrons. The second kappa shape index (κ2) is 3.49. The standard InChI is InChI=1S/C9H6FN3O2/c10-5-1-2-6(11-4-5)7-3-8(14)13-9(15)12-7/h1-4H,(H2,12,13,14,15). The van der Waals surface area contributed by atoms with Crippen LogP contribution in [0.2, 0.25) is 0 Å². The van der Waals surface area contributed by atoms with Crippen molar-refractivity contribution in [3.05, 3.63) is 51.1 Å². The van der Waals surface area contributed by atoms with Gasteiger partial charge in [0.05, 0.1) is 17.6 Å². The Kier molecular flexibility index (Phi) is 2.17. The smallest absolute Gasteiger partial charge is 0.305 e. The molecule has 0 spiro atoms. The molecular weight excluding hydrogens is 201 g/mol. The molecule has 0 aliphatic heterocycles. The number of halogens is 1. The second-order valence-electron chi connectivity index (χ2n) is 2.86. The minimum absolute atomic E-state index is 0.253. The number of rotatable bonds is 1. The SMILES string of the molecule is O=c1cc(-c2ccc(F)cn2)[nH]c(=O)[nH]1. The molecule has 5 nitrogen and oxygen atoms in total. The summed E-state index contributed by atoms with van der Waals surface area (Å²) in [6, 6.07) is 3.75. The number of nitrogens with zero attached hydrogens (tertiary/aromatic N) is 1. The van der Waals surface area contributed by atoms with Crippen LogP contribution in [0.1, 0.15) is 0 Å². The van der Waals surface area contributed by atoms with Crippen molar-refractivity contribution in [3.63, 3.8) is 0 Å². The number of nitrogens with one attached hydrogen (secondary N) is 2. The van der Waals surface area contributed by atoms with Crippen LogP contribution in [0.3, 0.4) is 0 Å². The number of H-pyrrole nitrogens is 2. The van der Waals surface area contributed by atoms with Gasteiger partial charge in [-0.05, 0) is 12.1 Å². The van der Waals surface area contributed by atoms with Crippen LogP contribution in [0.25, 0.3) is 11.4 Å². The van der Waals surface area contributed by atoms with Gasteiger partial charge in [-0.25, -0.2) is 9.18 Å². The van der Waals surface area contributed by atoms with E-state index in [-0.39, 0.29) is 5.69 Å². The fraction of sp³-hybridized carbons (Fsp3) is 0. The van der Waals surface area contributed by atoms with E-state index in [1.807, 2.05) is 4.98 Å². The molecule has 0 saturated carbocycles. The van der Waals surface area contributed by atoms with Crippen molar-refractivity contribution >= 4 is 0 Å². The molecule has 0 amide bonds. The molecule has 0 aromatic carbocycles. The lowest BCUT2D eigenvalue weighted by Crippen LogP contribution is -2.21. The normalized spacial score (nSPS) is 10.2. The van der Waals surface area contributed by atoms with E-state index in [1.54, 1.807) is 0 Å². The van der Waals surface area contributed by atoms with Crippen LogP contribution in [0, 0.1) is 5.82 Å². The molecule has 2 rings (SSSR count). The van der Waals surface area contributed by atoms with E-state index in [2.05, 4.69) is 9.97 Å². The monoisotopic (exact) mass is 207 g/mol. The van der Waals surface area contributed by atoms with E-state index in [4.69, 9.17) is 0 Å². The van der Waals surface area contributed by atoms with Crippen molar-refractivity contribution in [3.8, 4) is 11.4 Å². The predicted molar refractivity (Wildman–Crippen MR) is 50.9 cm³/mol. The molecule has 0 unspecified atom stereocenters. The van der Waals surface area contributed by atoms with E-state index >= 15 is 0 Å². The van der Waals surface area contributed by atoms with E-state index in [0.717, 1.165) is 6.20 Å². The summed E-state index contributed by atoms with van der Waals surface area (Å²) in [5, 5.41) is 0. The summed E-state index contributed by atoms with van der Waals surface area (Å²) in [5.41, 5.74) is -0.563. The number of aromatic nitrogens is 3. The Balaban J connectivity index is 2.59. The molecule has 0 atom stereocenters. The molecule has 0 bridgehead atoms. The van der Waals surface area contributed by atoms with Gasteiger partial charge in [0.15, 0.2) is 0 Å². The summed E-state index contributed by atoms with van der Waals surface area (Å²) in [4.78, 5) is 30.1. The fourth-order valence-corrected chi connectivity index (χ4v) is 1.14. The number of aromatic amines is 2. The fourth-order valence-electron chi connectivity index (χ4n) is 1.14. The Hall–Kier alpha value is -2.24. The average Bonchev–Trinajstić information content (AvgIpc) is 2.17. The maximum atomic E-state index is 12.6. The highest BCUT2D eigenvalue weighted by Gasteiger charge is 2.01. The van der Waals surface area contributed by atoms with Gasteiger partial charge in [-0.2, -0.15) is 0 Å². The van der Waals surface area contributed by atoms with Crippen LogP contribution in [0.5, 0.6) is 0 Å². The van der Waals surface area contributed by atoms with Crippen LogP contribution >= 0.6 is 0 Å². The van der Waals surface area contributed by atoms with E-state index in [0.29, 0.717) is 5.69 Å². The summed E-state index contributed by atoms with van der Waals surface area (Å²) < 4.78 is 12.6. The summed E-state index contributed by atoms with van der Waals surface area (Å²) in [5.74, 6) is -0.481. The molecule has 2 N–H and O–H groups in total. The van der Waals surface area contributed by atoms with Crippen molar-refractivity contribution in [2.24, 2.45) is 0 Å². The summed E-state index contributed by atoms with van der Waals surface area (Å²) >= 11 is 0. The molecule has 0 aliphatic carbocycles. The van der Waals surface area contributed by atoms with Crippen molar-refractivity contribution in [2.45, 2.75) is 0 Å². The Morgan fingerprint density at radius 2 is 2.00 bits per heavy atom. The van der Waals surface area contributed by atoms with Gasteiger partial charge in [-0.1, -0.05) is 0 Å². The molecule has 0 saturated heterocycles. The van der Waals surface area contributed by atoms with Gasteiger partial charge in [-0.3, -0.25) is 14.8 Å². The topological polar surface area (TPSA) is 78.6 Å². The molecule has 2 aromatic heterocycles. The van der Waals surface area contributed by atoms with E-state index < -0.39 is 17.1 Å². The minimum Gasteiger partial charge on any atom is -0.305 e. The largest absolute Gasteiger partial charge is 0.326 e. The van der Waals surface area contributed by atoms with Crippen LogP contribution in [0.4, 0.5) is 4.39 Å². The van der Waals surface area contributed by atoms with Gasteiger partial charge >= 0.3 is 5.69 Å². The third-order valence-electron chi connectivity index (χ3n) is 1.76. The minimum atomic E-state index is -0.622. The molecule has 6 heteroatoms. The quantitative estimate of drug-likeness (QED) is 0.704. The van der Waals surface area contributed by atoms with Crippen LogP contribution in [0.15, 0.2) is 34.0 Å². The zero-order chi connectivity index (χ0) is 10.8. The van der Waals surface area contributed by atoms with Crippen LogP contribution in [-0.2, 0) is 0 Å². The molecule has 15 heavy (non-hydrogen) atoms. The lowest BCUT2D eigenvalue weighted by Gasteiger charge is -1.98. The first-order chi connectivity index (χ1) is 7.15. The van der Waals surface area contributed by atoms with E-state index in [9.17, 15) is 14.0 Å². The Morgan fingerprint density at radius 1 is 1.20 bits per heavy atom. The summed E-state index contributed by atoms with van der Waals surface area (Å²) in [6.07, 6.45) is 1.01. The van der Waals surface area contributed by atoms with Gasteiger partial charge in [0.1, 0.15) is 5.82 Å². The zero-order valence-electron chi connectivity index (χ0n) is 7.45. The molecule has 76 valence electrons.